The Labute approximate surface area is 124 Å². The highest BCUT2D eigenvalue weighted by Crippen LogP contribution is 2.61. The smallest absolute Gasteiger partial charge is 0.310 e. The second kappa shape index (κ2) is 4.46. The van der Waals surface area contributed by atoms with Gasteiger partial charge in [-0.1, -0.05) is 6.07 Å². The lowest BCUT2D eigenvalue weighted by atomic mass is 9.48. The van der Waals surface area contributed by atoms with Crippen LogP contribution in [0.4, 0.5) is 5.69 Å². The molecule has 0 aromatic heterocycles. The zero-order valence-electron chi connectivity index (χ0n) is 12.4. The predicted molar refractivity (Wildman–Crippen MR) is 79.5 cm³/mol. The SMILES string of the molecule is COc1cc(C23CC4CC(CC(C4)C2)C3)ccc1[N+](=O)[O-]. The Bertz CT molecular complexity index is 560. The molecule has 0 radical (unpaired) electrons. The maximum absolute atomic E-state index is 11.1. The molecule has 1 aromatic rings. The summed E-state index contributed by atoms with van der Waals surface area (Å²) in [6, 6.07) is 5.55. The highest BCUT2D eigenvalue weighted by molar-refractivity contribution is 5.50. The van der Waals surface area contributed by atoms with E-state index >= 15 is 0 Å². The summed E-state index contributed by atoms with van der Waals surface area (Å²) in [6.45, 7) is 0. The number of nitro benzene ring substituents is 1. The Morgan fingerprint density at radius 1 is 1.14 bits per heavy atom. The van der Waals surface area contributed by atoms with Crippen molar-refractivity contribution in [2.45, 2.75) is 43.9 Å². The first-order valence-corrected chi connectivity index (χ1v) is 7.92. The molecule has 4 aliphatic rings. The van der Waals surface area contributed by atoms with Gasteiger partial charge in [0.05, 0.1) is 12.0 Å². The molecule has 1 aromatic carbocycles. The van der Waals surface area contributed by atoms with E-state index < -0.39 is 0 Å². The van der Waals surface area contributed by atoms with Crippen molar-refractivity contribution in [1.29, 1.82) is 0 Å². The molecule has 4 nitrogen and oxygen atoms in total. The van der Waals surface area contributed by atoms with Crippen LogP contribution in [0.25, 0.3) is 0 Å². The molecule has 4 heteroatoms. The first-order chi connectivity index (χ1) is 10.1. The fraction of sp³-hybridized carbons (Fsp3) is 0.647. The zero-order chi connectivity index (χ0) is 14.6. The molecule has 0 heterocycles. The fourth-order valence-electron chi connectivity index (χ4n) is 5.62. The van der Waals surface area contributed by atoms with Gasteiger partial charge in [0.2, 0.25) is 0 Å². The average Bonchev–Trinajstić information content (AvgIpc) is 2.45. The number of nitrogens with zero attached hydrogens (tertiary/aromatic N) is 1. The molecule has 0 N–H and O–H groups in total. The van der Waals surface area contributed by atoms with Crippen LogP contribution in [0, 0.1) is 27.9 Å². The lowest BCUT2D eigenvalue weighted by Gasteiger charge is -2.57. The first-order valence-electron chi connectivity index (χ1n) is 7.92. The molecule has 0 amide bonds. The van der Waals surface area contributed by atoms with Crippen molar-refractivity contribution in [3.05, 3.63) is 33.9 Å². The van der Waals surface area contributed by atoms with Gasteiger partial charge in [0.25, 0.3) is 0 Å². The first kappa shape index (κ1) is 13.1. The third-order valence-corrected chi connectivity index (χ3v) is 6.03. The molecule has 4 fully saturated rings. The monoisotopic (exact) mass is 287 g/mol. The van der Waals surface area contributed by atoms with Crippen LogP contribution in [0.1, 0.15) is 44.1 Å². The van der Waals surface area contributed by atoms with Crippen molar-refractivity contribution in [3.8, 4) is 5.75 Å². The number of hydrogen-bond acceptors (Lipinski definition) is 3. The molecule has 0 unspecified atom stereocenters. The Morgan fingerprint density at radius 2 is 1.71 bits per heavy atom. The molecular weight excluding hydrogens is 266 g/mol. The maximum atomic E-state index is 11.1. The van der Waals surface area contributed by atoms with E-state index in [-0.39, 0.29) is 16.0 Å². The van der Waals surface area contributed by atoms with E-state index in [1.165, 1.54) is 51.2 Å². The summed E-state index contributed by atoms with van der Waals surface area (Å²) in [7, 11) is 1.52. The van der Waals surface area contributed by atoms with Gasteiger partial charge in [0, 0.05) is 6.07 Å². The zero-order valence-corrected chi connectivity index (χ0v) is 12.4. The minimum atomic E-state index is -0.359. The number of methoxy groups -OCH3 is 1. The topological polar surface area (TPSA) is 52.4 Å². The van der Waals surface area contributed by atoms with Crippen molar-refractivity contribution >= 4 is 5.69 Å². The minimum absolute atomic E-state index is 0.0750. The van der Waals surface area contributed by atoms with Gasteiger partial charge in [-0.15, -0.1) is 0 Å². The molecule has 5 rings (SSSR count). The number of hydrogen-bond donors (Lipinski definition) is 0. The van der Waals surface area contributed by atoms with Crippen molar-refractivity contribution in [2.24, 2.45) is 17.8 Å². The van der Waals surface area contributed by atoms with Crippen LogP contribution in [0.3, 0.4) is 0 Å². The van der Waals surface area contributed by atoms with Gasteiger partial charge in [0.15, 0.2) is 5.75 Å². The van der Waals surface area contributed by atoms with Crippen LogP contribution in [-0.4, -0.2) is 12.0 Å². The largest absolute Gasteiger partial charge is 0.490 e. The summed E-state index contributed by atoms with van der Waals surface area (Å²) in [5.74, 6) is 3.03. The number of nitro groups is 1. The van der Waals surface area contributed by atoms with Crippen LogP contribution in [0.5, 0.6) is 5.75 Å². The summed E-state index contributed by atoms with van der Waals surface area (Å²) in [4.78, 5) is 10.7. The van der Waals surface area contributed by atoms with E-state index in [1.54, 1.807) is 6.07 Å². The molecule has 0 atom stereocenters. The van der Waals surface area contributed by atoms with Gasteiger partial charge < -0.3 is 4.74 Å². The second-order valence-corrected chi connectivity index (χ2v) is 7.34. The molecule has 4 aliphatic carbocycles. The molecular formula is C17H21NO3. The summed E-state index contributed by atoms with van der Waals surface area (Å²) in [5.41, 5.74) is 1.60. The molecule has 112 valence electrons. The lowest BCUT2D eigenvalue weighted by Crippen LogP contribution is -2.48. The lowest BCUT2D eigenvalue weighted by molar-refractivity contribution is -0.385. The van der Waals surface area contributed by atoms with Gasteiger partial charge in [0.1, 0.15) is 0 Å². The van der Waals surface area contributed by atoms with E-state index in [0.29, 0.717) is 5.75 Å². The molecule has 4 bridgehead atoms. The van der Waals surface area contributed by atoms with E-state index in [9.17, 15) is 10.1 Å². The van der Waals surface area contributed by atoms with E-state index in [1.807, 2.05) is 12.1 Å². The Balaban J connectivity index is 1.75. The second-order valence-electron chi connectivity index (χ2n) is 7.34. The number of benzene rings is 1. The molecule has 4 saturated carbocycles. The van der Waals surface area contributed by atoms with Crippen molar-refractivity contribution < 1.29 is 9.66 Å². The predicted octanol–water partition coefficient (Wildman–Crippen LogP) is 4.07. The van der Waals surface area contributed by atoms with E-state index in [4.69, 9.17) is 4.74 Å². The van der Waals surface area contributed by atoms with Crippen molar-refractivity contribution in [2.75, 3.05) is 7.11 Å². The quantitative estimate of drug-likeness (QED) is 0.622. The molecule has 0 saturated heterocycles. The highest BCUT2D eigenvalue weighted by Gasteiger charge is 2.51. The number of ether oxygens (including phenoxy) is 1. The summed E-state index contributed by atoms with van der Waals surface area (Å²) in [6.07, 6.45) is 8.01. The Morgan fingerprint density at radius 3 is 2.19 bits per heavy atom. The fourth-order valence-corrected chi connectivity index (χ4v) is 5.62. The van der Waals surface area contributed by atoms with Crippen LogP contribution in [0.2, 0.25) is 0 Å². The normalized spacial score (nSPS) is 36.7. The van der Waals surface area contributed by atoms with Gasteiger partial charge in [-0.25, -0.2) is 0 Å². The third-order valence-electron chi connectivity index (χ3n) is 6.03. The highest BCUT2D eigenvalue weighted by atomic mass is 16.6. The Hall–Kier alpha value is -1.58. The van der Waals surface area contributed by atoms with Crippen LogP contribution in [0.15, 0.2) is 18.2 Å². The van der Waals surface area contributed by atoms with Crippen LogP contribution < -0.4 is 4.74 Å². The Kier molecular flexibility index (Phi) is 2.78. The van der Waals surface area contributed by atoms with Gasteiger partial charge in [-0.3, -0.25) is 10.1 Å². The molecule has 0 spiro atoms. The van der Waals surface area contributed by atoms with Crippen molar-refractivity contribution in [3.63, 3.8) is 0 Å². The van der Waals surface area contributed by atoms with Gasteiger partial charge >= 0.3 is 5.69 Å². The van der Waals surface area contributed by atoms with Gasteiger partial charge in [-0.2, -0.15) is 0 Å². The molecule has 21 heavy (non-hydrogen) atoms. The standard InChI is InChI=1S/C17H21NO3/c1-21-16-7-14(2-3-15(16)18(19)20)17-8-11-4-12(9-17)6-13(5-11)10-17/h2-3,7,11-13H,4-6,8-10H2,1H3. The van der Waals surface area contributed by atoms with E-state index in [0.717, 1.165) is 17.8 Å². The maximum Gasteiger partial charge on any atom is 0.310 e. The summed E-state index contributed by atoms with van der Waals surface area (Å²) < 4.78 is 5.27. The summed E-state index contributed by atoms with van der Waals surface area (Å²) >= 11 is 0. The van der Waals surface area contributed by atoms with Crippen LogP contribution >= 0.6 is 0 Å². The van der Waals surface area contributed by atoms with E-state index in [2.05, 4.69) is 0 Å². The average molecular weight is 287 g/mol. The van der Waals surface area contributed by atoms with Crippen molar-refractivity contribution in [1.82, 2.24) is 0 Å². The van der Waals surface area contributed by atoms with Gasteiger partial charge in [-0.05, 0) is 73.3 Å². The molecule has 0 aliphatic heterocycles. The number of rotatable bonds is 3. The van der Waals surface area contributed by atoms with Crippen LogP contribution in [-0.2, 0) is 5.41 Å². The summed E-state index contributed by atoms with van der Waals surface area (Å²) in [5, 5.41) is 11.1. The third kappa shape index (κ3) is 1.95. The minimum Gasteiger partial charge on any atom is -0.490 e.